The Hall–Kier alpha value is -4.78. The summed E-state index contributed by atoms with van der Waals surface area (Å²) in [7, 11) is 0. The van der Waals surface area contributed by atoms with Crippen molar-refractivity contribution in [3.05, 3.63) is 123 Å². The maximum Gasteiger partial charge on any atom is 0.346 e. The van der Waals surface area contributed by atoms with E-state index in [4.69, 9.17) is 0 Å². The molecule has 0 saturated heterocycles. The van der Waals surface area contributed by atoms with Crippen molar-refractivity contribution in [1.29, 1.82) is 5.26 Å². The molecular weight excluding hydrogens is 1110 g/mol. The van der Waals surface area contributed by atoms with Gasteiger partial charge in [-0.25, -0.2) is 4.79 Å². The molecular formula is C77H98N2O2S4. The number of rotatable bonds is 25. The standard InChI is InChI=1S/C77H98N2O2S4/c1-17-21-25-29-33-51-61(82-69-53(35-31-27-23-19-3)63(84-68(51)69)41-48(46-78)72(80)81)37-38-62-52(34-30-26-22-18-2)70-71(83-62)54(36-32-28-24-20-4)67(85-70)47-39-55-64-56(40-47)76(13,14)58-43-50(74(8,9)10)45-60-66(58)79(64)65-57(75(55,11)12)42-49(73(5,6)7)44-59(65)77(60,15)16/h37-45H,17-36H2,1-16H3,(H,80,81)/b38-37+,48-41-. The number of hydrogen-bond donors (Lipinski definition) is 1. The van der Waals surface area contributed by atoms with E-state index in [-0.39, 0.29) is 32.6 Å². The average molecular weight is 1210 g/mol. The zero-order valence-electron chi connectivity index (χ0n) is 54.7. The number of carboxylic acids is 1. The van der Waals surface area contributed by atoms with Crippen LogP contribution in [0, 0.1) is 11.3 Å². The van der Waals surface area contributed by atoms with E-state index < -0.39 is 5.97 Å². The van der Waals surface area contributed by atoms with Crippen LogP contribution in [0.15, 0.2) is 42.0 Å². The summed E-state index contributed by atoms with van der Waals surface area (Å²) >= 11 is 7.79. The number of hydrogen-bond acceptors (Lipinski definition) is 7. The fourth-order valence-corrected chi connectivity index (χ4v) is 20.1. The van der Waals surface area contributed by atoms with Crippen molar-refractivity contribution in [3.63, 3.8) is 0 Å². The molecule has 1 N–H and O–H groups in total. The minimum Gasteiger partial charge on any atom is -0.477 e. The van der Waals surface area contributed by atoms with Crippen LogP contribution < -0.4 is 4.90 Å². The van der Waals surface area contributed by atoms with Crippen molar-refractivity contribution >= 4 is 105 Å². The van der Waals surface area contributed by atoms with E-state index in [2.05, 4.69) is 187 Å². The molecule has 0 spiro atoms. The minimum absolute atomic E-state index is 0.0184. The summed E-state index contributed by atoms with van der Waals surface area (Å²) in [6.45, 7) is 38.7. The van der Waals surface area contributed by atoms with Crippen molar-refractivity contribution in [2.75, 3.05) is 4.90 Å². The molecule has 0 amide bonds. The SMILES string of the molecule is CCCCCCc1c(/C=C(/C#N)C(=O)O)sc2c(CCCCCC)c(/C=C/c3sc4c(CCCCCC)c(-c5cc6c7c(c5)C(C)(C)c5cc(C(C)(C)C)cc8c5N7c5c(cc(C(C)(C)C)cc5C8(C)C)C6(C)C)sc4c3CCCCCC)sc12. The monoisotopic (exact) mass is 1210 g/mol. The number of fused-ring (bicyclic) bond motifs is 2. The summed E-state index contributed by atoms with van der Waals surface area (Å²) < 4.78 is 5.60. The third-order valence-corrected chi connectivity index (χ3v) is 25.0. The van der Waals surface area contributed by atoms with Gasteiger partial charge in [0.05, 0.1) is 17.1 Å². The number of benzene rings is 3. The minimum atomic E-state index is -1.16. The first-order valence-corrected chi connectivity index (χ1v) is 36.2. The van der Waals surface area contributed by atoms with Crippen LogP contribution in [-0.4, -0.2) is 11.1 Å². The first-order valence-electron chi connectivity index (χ1n) is 32.9. The number of anilines is 3. The molecule has 3 aliphatic heterocycles. The van der Waals surface area contributed by atoms with E-state index in [1.165, 1.54) is 194 Å². The lowest BCUT2D eigenvalue weighted by Crippen LogP contribution is -2.44. The molecule has 10 rings (SSSR count). The van der Waals surface area contributed by atoms with Crippen molar-refractivity contribution in [1.82, 2.24) is 0 Å². The van der Waals surface area contributed by atoms with Gasteiger partial charge in [-0.1, -0.05) is 212 Å². The average Bonchev–Trinajstić information content (AvgIpc) is 1.26. The number of aryl methyl sites for hydroxylation is 4. The van der Waals surface area contributed by atoms with Gasteiger partial charge in [-0.2, -0.15) is 5.26 Å². The predicted molar refractivity (Wildman–Crippen MR) is 375 cm³/mol. The van der Waals surface area contributed by atoms with Crippen molar-refractivity contribution in [3.8, 4) is 16.5 Å². The Kier molecular flexibility index (Phi) is 18.3. The zero-order valence-corrected chi connectivity index (χ0v) is 58.0. The predicted octanol–water partition coefficient (Wildman–Crippen LogP) is 24.5. The molecule has 7 heterocycles. The molecule has 0 aliphatic carbocycles. The molecule has 4 aromatic heterocycles. The number of unbranched alkanes of at least 4 members (excludes halogenated alkanes) is 12. The summed E-state index contributed by atoms with van der Waals surface area (Å²) in [5.41, 5.74) is 22.0. The Morgan fingerprint density at radius 2 is 0.800 bits per heavy atom. The fourth-order valence-electron chi connectivity index (χ4n) is 14.2. The summed E-state index contributed by atoms with van der Waals surface area (Å²) in [6.07, 6.45) is 29.7. The molecule has 452 valence electrons. The van der Waals surface area contributed by atoms with Crippen molar-refractivity contribution in [2.24, 2.45) is 0 Å². The Labute approximate surface area is 527 Å². The van der Waals surface area contributed by atoms with Crippen molar-refractivity contribution in [2.45, 2.75) is 266 Å². The Morgan fingerprint density at radius 3 is 1.14 bits per heavy atom. The lowest BCUT2D eigenvalue weighted by molar-refractivity contribution is -0.132. The van der Waals surface area contributed by atoms with Gasteiger partial charge >= 0.3 is 5.97 Å². The second kappa shape index (κ2) is 24.7. The van der Waals surface area contributed by atoms with Crippen LogP contribution in [0.2, 0.25) is 0 Å². The molecule has 85 heavy (non-hydrogen) atoms. The second-order valence-corrected chi connectivity index (χ2v) is 33.3. The molecule has 3 aromatic carbocycles. The second-order valence-electron chi connectivity index (χ2n) is 29.1. The molecule has 7 aromatic rings. The van der Waals surface area contributed by atoms with Gasteiger partial charge in [0.25, 0.3) is 0 Å². The Morgan fingerprint density at radius 1 is 0.482 bits per heavy atom. The van der Waals surface area contributed by atoms with Crippen LogP contribution in [0.25, 0.3) is 47.5 Å². The maximum atomic E-state index is 12.2. The number of aliphatic carboxylic acids is 1. The molecule has 0 atom stereocenters. The van der Waals surface area contributed by atoms with Gasteiger partial charge in [0.2, 0.25) is 0 Å². The lowest BCUT2D eigenvalue weighted by Gasteiger charge is -2.55. The van der Waals surface area contributed by atoms with Crippen LogP contribution in [-0.2, 0) is 57.6 Å². The number of carbonyl (C=O) groups is 1. The zero-order chi connectivity index (χ0) is 61.1. The molecule has 0 radical (unpaired) electrons. The third kappa shape index (κ3) is 11.6. The van der Waals surface area contributed by atoms with E-state index in [0.717, 1.165) is 56.2 Å². The number of nitriles is 1. The molecule has 8 heteroatoms. The van der Waals surface area contributed by atoms with E-state index in [1.807, 2.05) is 17.4 Å². The van der Waals surface area contributed by atoms with Gasteiger partial charge < -0.3 is 10.0 Å². The first-order chi connectivity index (χ1) is 40.3. The van der Waals surface area contributed by atoms with Crippen LogP contribution in [0.4, 0.5) is 17.1 Å². The smallest absolute Gasteiger partial charge is 0.346 e. The van der Waals surface area contributed by atoms with E-state index >= 15 is 0 Å². The quantitative estimate of drug-likeness (QED) is 0.0352. The number of carboxylic acid groups (broad SMARTS) is 1. The van der Waals surface area contributed by atoms with Crippen LogP contribution >= 0.6 is 45.3 Å². The largest absolute Gasteiger partial charge is 0.477 e. The summed E-state index contributed by atoms with van der Waals surface area (Å²) in [6, 6.07) is 17.7. The van der Waals surface area contributed by atoms with Gasteiger partial charge in [0, 0.05) is 54.6 Å². The molecule has 0 bridgehead atoms. The van der Waals surface area contributed by atoms with Crippen LogP contribution in [0.3, 0.4) is 0 Å². The van der Waals surface area contributed by atoms with Crippen LogP contribution in [0.5, 0.6) is 0 Å². The maximum absolute atomic E-state index is 12.2. The van der Waals surface area contributed by atoms with Gasteiger partial charge in [-0.3, -0.25) is 0 Å². The molecule has 3 aliphatic rings. The van der Waals surface area contributed by atoms with Gasteiger partial charge in [0.1, 0.15) is 11.6 Å². The normalized spacial score (nSPS) is 15.7. The van der Waals surface area contributed by atoms with Crippen LogP contribution in [0.1, 0.15) is 295 Å². The summed E-state index contributed by atoms with van der Waals surface area (Å²) in [5.74, 6) is -1.16. The molecule has 0 saturated carbocycles. The number of nitrogens with zero attached hydrogens (tertiary/aromatic N) is 2. The Balaban J connectivity index is 1.18. The fraction of sp³-hybridized carbons (Fsp3) is 0.532. The summed E-state index contributed by atoms with van der Waals surface area (Å²) in [5, 5.41) is 19.9. The highest BCUT2D eigenvalue weighted by atomic mass is 32.1. The van der Waals surface area contributed by atoms with E-state index in [0.29, 0.717) is 0 Å². The topological polar surface area (TPSA) is 64.3 Å². The lowest BCUT2D eigenvalue weighted by atomic mass is 9.59. The molecule has 0 unspecified atom stereocenters. The first kappa shape index (κ1) is 63.2. The third-order valence-electron chi connectivity index (χ3n) is 19.7. The molecule has 4 nitrogen and oxygen atoms in total. The van der Waals surface area contributed by atoms with E-state index in [1.54, 1.807) is 23.0 Å². The summed E-state index contributed by atoms with van der Waals surface area (Å²) in [4.78, 5) is 20.2. The highest BCUT2D eigenvalue weighted by Crippen LogP contribution is 2.68. The molecule has 0 fully saturated rings. The van der Waals surface area contributed by atoms with Gasteiger partial charge in [-0.05, 0) is 165 Å². The van der Waals surface area contributed by atoms with E-state index in [9.17, 15) is 15.2 Å². The highest BCUT2D eigenvalue weighted by Gasteiger charge is 2.53. The van der Waals surface area contributed by atoms with Gasteiger partial charge in [-0.15, -0.1) is 45.3 Å². The Bertz CT molecular complexity index is 3670. The highest BCUT2D eigenvalue weighted by molar-refractivity contribution is 7.31. The number of thiophene rings is 4. The van der Waals surface area contributed by atoms with Gasteiger partial charge in [0.15, 0.2) is 0 Å². The van der Waals surface area contributed by atoms with Crippen molar-refractivity contribution < 1.29 is 9.90 Å².